The molecule has 0 atom stereocenters. The minimum Gasteiger partial charge on any atom is -0.453 e. The molecule has 1 aromatic carbocycles. The second kappa shape index (κ2) is 9.21. The lowest BCUT2D eigenvalue weighted by Crippen LogP contribution is -2.17. The van der Waals surface area contributed by atoms with Gasteiger partial charge in [-0.1, -0.05) is 12.1 Å². The first-order valence-electron chi connectivity index (χ1n) is 9.49. The summed E-state index contributed by atoms with van der Waals surface area (Å²) in [5.74, 6) is 0.111. The van der Waals surface area contributed by atoms with Gasteiger partial charge in [-0.15, -0.1) is 0 Å². The highest BCUT2D eigenvalue weighted by molar-refractivity contribution is 6.04. The Morgan fingerprint density at radius 1 is 1.29 bits per heavy atom. The summed E-state index contributed by atoms with van der Waals surface area (Å²) in [7, 11) is 5.10. The van der Waals surface area contributed by atoms with Gasteiger partial charge in [0.15, 0.2) is 0 Å². The fourth-order valence-corrected chi connectivity index (χ4v) is 3.09. The number of rotatable bonds is 7. The molecule has 2 aromatic heterocycles. The molecule has 0 spiro atoms. The first kappa shape index (κ1) is 22.3. The zero-order valence-electron chi connectivity index (χ0n) is 17.3. The molecular weight excluding hydrogens is 413 g/mol. The van der Waals surface area contributed by atoms with Gasteiger partial charge in [0.05, 0.1) is 24.0 Å². The number of carbonyl (C=O) groups is 1. The van der Waals surface area contributed by atoms with E-state index >= 15 is 0 Å². The number of alkyl halides is 3. The van der Waals surface area contributed by atoms with E-state index in [9.17, 15) is 18.0 Å². The Morgan fingerprint density at radius 2 is 2.06 bits per heavy atom. The molecule has 31 heavy (non-hydrogen) atoms. The summed E-state index contributed by atoms with van der Waals surface area (Å²) >= 11 is 0. The van der Waals surface area contributed by atoms with E-state index in [1.54, 1.807) is 18.2 Å². The topological polar surface area (TPSA) is 95.2 Å². The number of halogens is 3. The van der Waals surface area contributed by atoms with Gasteiger partial charge in [0.2, 0.25) is 5.95 Å². The summed E-state index contributed by atoms with van der Waals surface area (Å²) in [6.45, 7) is 1.34. The maximum absolute atomic E-state index is 13.7. The molecule has 0 unspecified atom stereocenters. The summed E-state index contributed by atoms with van der Waals surface area (Å²) in [4.78, 5) is 24.5. The van der Waals surface area contributed by atoms with Crippen LogP contribution in [0.15, 0.2) is 30.6 Å². The standard InChI is InChI=1S/C20H23F3N6O2/c1-29(2)9-5-8-24-18-26-11-14(20(21,22)23)16(28-18)13-10-25-17-12(13)6-4-7-15(17)27-19(30)31-3/h4,6-7,10-11,25H,5,8-9H2,1-3H3,(H,27,30)(H,24,26,28). The van der Waals surface area contributed by atoms with Gasteiger partial charge in [0.1, 0.15) is 5.56 Å². The number of benzene rings is 1. The molecule has 0 saturated carbocycles. The zero-order valence-corrected chi connectivity index (χ0v) is 17.3. The molecule has 0 aliphatic heterocycles. The second-order valence-electron chi connectivity index (χ2n) is 7.08. The van der Waals surface area contributed by atoms with Crippen molar-refractivity contribution >= 4 is 28.6 Å². The van der Waals surface area contributed by atoms with E-state index in [1.807, 2.05) is 19.0 Å². The average Bonchev–Trinajstić information content (AvgIpc) is 3.15. The van der Waals surface area contributed by atoms with E-state index in [-0.39, 0.29) is 17.2 Å². The van der Waals surface area contributed by atoms with Crippen LogP contribution in [0.2, 0.25) is 0 Å². The lowest BCUT2D eigenvalue weighted by atomic mass is 10.1. The molecule has 8 nitrogen and oxygen atoms in total. The molecule has 0 fully saturated rings. The molecule has 2 heterocycles. The van der Waals surface area contributed by atoms with E-state index in [2.05, 4.69) is 30.3 Å². The van der Waals surface area contributed by atoms with Gasteiger partial charge in [0.25, 0.3) is 0 Å². The molecule has 1 amide bonds. The Labute approximate surface area is 176 Å². The molecule has 166 valence electrons. The number of ether oxygens (including phenoxy) is 1. The maximum Gasteiger partial charge on any atom is 0.419 e. The van der Waals surface area contributed by atoms with E-state index in [0.29, 0.717) is 23.1 Å². The number of aromatic amines is 1. The highest BCUT2D eigenvalue weighted by atomic mass is 19.4. The number of H-pyrrole nitrogens is 1. The molecular formula is C20H23F3N6O2. The van der Waals surface area contributed by atoms with Crippen molar-refractivity contribution in [2.45, 2.75) is 12.6 Å². The van der Waals surface area contributed by atoms with E-state index in [1.165, 1.54) is 13.3 Å². The minimum atomic E-state index is -4.63. The van der Waals surface area contributed by atoms with Crippen LogP contribution >= 0.6 is 0 Å². The van der Waals surface area contributed by atoms with Crippen molar-refractivity contribution in [3.05, 3.63) is 36.2 Å². The predicted octanol–water partition coefficient (Wildman–Crippen LogP) is 4.19. The first-order valence-corrected chi connectivity index (χ1v) is 9.49. The maximum atomic E-state index is 13.7. The number of nitrogens with one attached hydrogen (secondary N) is 3. The van der Waals surface area contributed by atoms with Crippen LogP contribution in [0.3, 0.4) is 0 Å². The molecule has 3 aromatic rings. The summed E-state index contributed by atoms with van der Waals surface area (Å²) < 4.78 is 45.6. The molecule has 0 radical (unpaired) electrons. The van der Waals surface area contributed by atoms with Crippen LogP contribution in [0.1, 0.15) is 12.0 Å². The van der Waals surface area contributed by atoms with Crippen LogP contribution in [0.4, 0.5) is 29.6 Å². The second-order valence-corrected chi connectivity index (χ2v) is 7.08. The van der Waals surface area contributed by atoms with Crippen LogP contribution in [0.25, 0.3) is 22.2 Å². The highest BCUT2D eigenvalue weighted by Crippen LogP contribution is 2.39. The quantitative estimate of drug-likeness (QED) is 0.481. The monoisotopic (exact) mass is 436 g/mol. The Hall–Kier alpha value is -3.34. The number of hydrogen-bond donors (Lipinski definition) is 3. The molecule has 11 heteroatoms. The van der Waals surface area contributed by atoms with Crippen molar-refractivity contribution in [2.75, 3.05) is 44.9 Å². The summed E-state index contributed by atoms with van der Waals surface area (Å²) in [6.07, 6.45) is -2.33. The van der Waals surface area contributed by atoms with Crippen LogP contribution in [0, 0.1) is 0 Å². The first-order chi connectivity index (χ1) is 14.7. The van der Waals surface area contributed by atoms with Gasteiger partial charge < -0.3 is 19.9 Å². The molecule has 3 N–H and O–H groups in total. The van der Waals surface area contributed by atoms with E-state index in [0.717, 1.165) is 19.2 Å². The van der Waals surface area contributed by atoms with Gasteiger partial charge in [-0.25, -0.2) is 14.8 Å². The third kappa shape index (κ3) is 5.23. The fourth-order valence-electron chi connectivity index (χ4n) is 3.09. The Kier molecular flexibility index (Phi) is 6.64. The summed E-state index contributed by atoms with van der Waals surface area (Å²) in [6, 6.07) is 4.89. The van der Waals surface area contributed by atoms with E-state index in [4.69, 9.17) is 0 Å². The average molecular weight is 436 g/mol. The number of aromatic nitrogens is 3. The summed E-state index contributed by atoms with van der Waals surface area (Å²) in [5.41, 5.74) is -0.123. The Morgan fingerprint density at radius 3 is 2.74 bits per heavy atom. The van der Waals surface area contributed by atoms with Gasteiger partial charge >= 0.3 is 12.3 Å². The number of para-hydroxylation sites is 1. The number of anilines is 2. The minimum absolute atomic E-state index is 0.111. The SMILES string of the molecule is COC(=O)Nc1cccc2c(-c3nc(NCCCN(C)C)ncc3C(F)(F)F)c[nH]c12. The predicted molar refractivity (Wildman–Crippen MR) is 112 cm³/mol. The van der Waals surface area contributed by atoms with Gasteiger partial charge in [0, 0.05) is 29.9 Å². The number of amides is 1. The van der Waals surface area contributed by atoms with Gasteiger partial charge in [-0.3, -0.25) is 5.32 Å². The Bertz CT molecular complexity index is 1060. The van der Waals surface area contributed by atoms with Crippen molar-refractivity contribution < 1.29 is 22.7 Å². The molecule has 0 bridgehead atoms. The number of nitrogens with zero attached hydrogens (tertiary/aromatic N) is 3. The lowest BCUT2D eigenvalue weighted by Gasteiger charge is -2.14. The number of fused-ring (bicyclic) bond motifs is 1. The van der Waals surface area contributed by atoms with Crippen molar-refractivity contribution in [3.63, 3.8) is 0 Å². The van der Waals surface area contributed by atoms with Crippen LogP contribution < -0.4 is 10.6 Å². The van der Waals surface area contributed by atoms with Crippen molar-refractivity contribution in [3.8, 4) is 11.3 Å². The number of carbonyl (C=O) groups excluding carboxylic acids is 1. The largest absolute Gasteiger partial charge is 0.453 e. The molecule has 0 aliphatic carbocycles. The molecule has 3 rings (SSSR count). The van der Waals surface area contributed by atoms with Gasteiger partial charge in [-0.05, 0) is 33.1 Å². The lowest BCUT2D eigenvalue weighted by molar-refractivity contribution is -0.137. The molecule has 0 aliphatic rings. The van der Waals surface area contributed by atoms with Gasteiger partial charge in [-0.2, -0.15) is 13.2 Å². The zero-order chi connectivity index (χ0) is 22.6. The third-order valence-corrected chi connectivity index (χ3v) is 4.55. The van der Waals surface area contributed by atoms with Crippen molar-refractivity contribution in [1.82, 2.24) is 19.9 Å². The smallest absolute Gasteiger partial charge is 0.419 e. The van der Waals surface area contributed by atoms with Crippen LogP contribution in [-0.4, -0.2) is 60.2 Å². The number of methoxy groups -OCH3 is 1. The van der Waals surface area contributed by atoms with Crippen LogP contribution in [-0.2, 0) is 10.9 Å². The van der Waals surface area contributed by atoms with E-state index < -0.39 is 17.8 Å². The highest BCUT2D eigenvalue weighted by Gasteiger charge is 2.36. The van der Waals surface area contributed by atoms with Crippen LogP contribution in [0.5, 0.6) is 0 Å². The van der Waals surface area contributed by atoms with Crippen molar-refractivity contribution in [1.29, 1.82) is 0 Å². The fraction of sp³-hybridized carbons (Fsp3) is 0.350. The number of hydrogen-bond acceptors (Lipinski definition) is 6. The molecule has 0 saturated heterocycles. The normalized spacial score (nSPS) is 11.7. The van der Waals surface area contributed by atoms with Crippen molar-refractivity contribution in [2.24, 2.45) is 0 Å². The summed E-state index contributed by atoms with van der Waals surface area (Å²) in [5, 5.41) is 5.98. The third-order valence-electron chi connectivity index (χ3n) is 4.55. The Balaban J connectivity index is 2.01.